The molecule has 154 valence electrons. The highest BCUT2D eigenvalue weighted by Crippen LogP contribution is 2.51. The van der Waals surface area contributed by atoms with Crippen LogP contribution in [-0.4, -0.2) is 27.4 Å². The average Bonchev–Trinajstić information content (AvgIpc) is 3.30. The Kier molecular flexibility index (Phi) is 7.03. The molecule has 0 aromatic heterocycles. The van der Waals surface area contributed by atoms with E-state index in [4.69, 9.17) is 5.73 Å². The Morgan fingerprint density at radius 2 is 2.21 bits per heavy atom. The van der Waals surface area contributed by atoms with Crippen LogP contribution in [0.2, 0.25) is 0 Å². The normalized spacial score (nSPS) is 21.6. The van der Waals surface area contributed by atoms with Gasteiger partial charge in [-0.3, -0.25) is 4.79 Å². The molecule has 1 aliphatic carbocycles. The molecule has 3 rings (SSSR count). The maximum absolute atomic E-state index is 14.4. The maximum atomic E-state index is 14.4. The molecule has 7 heteroatoms. The van der Waals surface area contributed by atoms with E-state index in [1.165, 1.54) is 16.8 Å². The van der Waals surface area contributed by atoms with Gasteiger partial charge in [0.25, 0.3) is 0 Å². The summed E-state index contributed by atoms with van der Waals surface area (Å²) in [5.74, 6) is -1.26. The molecule has 1 amide bonds. The number of halogens is 2. The van der Waals surface area contributed by atoms with Gasteiger partial charge in [-0.05, 0) is 62.9 Å². The highest BCUT2D eigenvalue weighted by Gasteiger charge is 2.50. The largest absolute Gasteiger partial charge is 0.330 e. The van der Waals surface area contributed by atoms with E-state index >= 15 is 0 Å². The number of rotatable bonds is 7. The van der Waals surface area contributed by atoms with Crippen LogP contribution in [0.1, 0.15) is 44.6 Å². The lowest BCUT2D eigenvalue weighted by Crippen LogP contribution is -2.43. The fourth-order valence-electron chi connectivity index (χ4n) is 3.45. The smallest absolute Gasteiger partial charge is 0.244 e. The molecule has 0 radical (unpaired) electrons. The van der Waals surface area contributed by atoms with E-state index < -0.39 is 16.5 Å². The lowest BCUT2D eigenvalue weighted by atomic mass is 10.1. The first-order chi connectivity index (χ1) is 14.0. The highest BCUT2D eigenvalue weighted by molar-refractivity contribution is 8.16. The molecule has 2 N–H and O–H groups in total. The third kappa shape index (κ3) is 4.51. The summed E-state index contributed by atoms with van der Waals surface area (Å²) in [6.45, 7) is 2.36. The number of allylic oxidation sites excluding steroid dienone is 4. The summed E-state index contributed by atoms with van der Waals surface area (Å²) in [5, 5.41) is 6.25. The monoisotopic (exact) mass is 417 g/mol. The second-order valence-corrected chi connectivity index (χ2v) is 8.18. The van der Waals surface area contributed by atoms with Crippen molar-refractivity contribution in [1.82, 2.24) is 5.01 Å². The zero-order valence-corrected chi connectivity index (χ0v) is 17.2. The summed E-state index contributed by atoms with van der Waals surface area (Å²) in [4.78, 5) is 12.2. The number of carbonyl (C=O) groups excluding carboxylic acids is 1. The van der Waals surface area contributed by atoms with Crippen molar-refractivity contribution in [3.05, 3.63) is 71.4 Å². The van der Waals surface area contributed by atoms with Crippen molar-refractivity contribution in [2.75, 3.05) is 6.54 Å². The predicted octanol–water partition coefficient (Wildman–Crippen LogP) is 4.88. The molecule has 0 saturated heterocycles. The van der Waals surface area contributed by atoms with Crippen LogP contribution in [0.3, 0.4) is 0 Å². The molecule has 0 saturated carbocycles. The number of thioether (sulfide) groups is 1. The summed E-state index contributed by atoms with van der Waals surface area (Å²) in [6, 6.07) is 3.29. The van der Waals surface area contributed by atoms with Crippen LogP contribution in [0.4, 0.5) is 8.78 Å². The molecule has 1 unspecified atom stereocenters. The van der Waals surface area contributed by atoms with Gasteiger partial charge in [0, 0.05) is 12.0 Å². The molecule has 0 fully saturated rings. The minimum Gasteiger partial charge on any atom is -0.330 e. The van der Waals surface area contributed by atoms with Crippen molar-refractivity contribution in [1.29, 1.82) is 0 Å². The topological polar surface area (TPSA) is 58.7 Å². The first-order valence-electron chi connectivity index (χ1n) is 9.76. The Morgan fingerprint density at radius 1 is 1.38 bits per heavy atom. The molecule has 1 aliphatic heterocycles. The van der Waals surface area contributed by atoms with Gasteiger partial charge in [-0.15, -0.1) is 0 Å². The standard InChI is InChI=1S/C22H25F2N3OS/c1-2-3-4-5-8-16-9-6-13-22(16)27(20(28)10-7-14-25)26-21(29-22)18-15-17(23)11-12-19(18)24/h2-3,5,8-9,11-12,15H,4,6-7,10,13-14,25H2,1H3/b3-2-,8-5-. The SMILES string of the molecule is C/C=C\C/C=C\C1=CCCC12SC(c1cc(F)ccc1F)=NN2C(=O)CCCN. The van der Waals surface area contributed by atoms with Crippen molar-refractivity contribution in [2.45, 2.75) is 43.9 Å². The molecule has 29 heavy (non-hydrogen) atoms. The summed E-state index contributed by atoms with van der Waals surface area (Å²) < 4.78 is 28.1. The van der Waals surface area contributed by atoms with Gasteiger partial charge in [-0.1, -0.05) is 42.1 Å². The lowest BCUT2D eigenvalue weighted by Gasteiger charge is -2.33. The molecule has 4 nitrogen and oxygen atoms in total. The van der Waals surface area contributed by atoms with Gasteiger partial charge in [-0.2, -0.15) is 5.10 Å². The highest BCUT2D eigenvalue weighted by atomic mass is 32.2. The number of hydrogen-bond donors (Lipinski definition) is 1. The van der Waals surface area contributed by atoms with Gasteiger partial charge in [0.15, 0.2) is 0 Å². The zero-order chi connectivity index (χ0) is 20.9. The van der Waals surface area contributed by atoms with Crippen LogP contribution in [-0.2, 0) is 4.79 Å². The van der Waals surface area contributed by atoms with Crippen LogP contribution in [0.25, 0.3) is 0 Å². The maximum Gasteiger partial charge on any atom is 0.244 e. The minimum atomic E-state index is -0.730. The van der Waals surface area contributed by atoms with E-state index in [0.29, 0.717) is 24.4 Å². The van der Waals surface area contributed by atoms with Crippen LogP contribution in [0.5, 0.6) is 0 Å². The Labute approximate surface area is 174 Å². The van der Waals surface area contributed by atoms with Crippen LogP contribution in [0.15, 0.2) is 59.3 Å². The van der Waals surface area contributed by atoms with E-state index in [0.717, 1.165) is 36.6 Å². The van der Waals surface area contributed by atoms with E-state index in [-0.39, 0.29) is 17.9 Å². The molecular weight excluding hydrogens is 392 g/mol. The summed E-state index contributed by atoms with van der Waals surface area (Å²) >= 11 is 1.32. The predicted molar refractivity (Wildman–Crippen MR) is 114 cm³/mol. The van der Waals surface area contributed by atoms with Crippen molar-refractivity contribution < 1.29 is 13.6 Å². The molecule has 1 heterocycles. The van der Waals surface area contributed by atoms with Crippen molar-refractivity contribution in [2.24, 2.45) is 10.8 Å². The Morgan fingerprint density at radius 3 is 2.97 bits per heavy atom. The molecule has 1 aromatic carbocycles. The first kappa shape index (κ1) is 21.5. The zero-order valence-electron chi connectivity index (χ0n) is 16.4. The van der Waals surface area contributed by atoms with Gasteiger partial charge < -0.3 is 5.73 Å². The number of nitrogens with two attached hydrogens (primary N) is 1. The van der Waals surface area contributed by atoms with E-state index in [1.54, 1.807) is 0 Å². The third-order valence-corrected chi connectivity index (χ3v) is 6.34. The average molecular weight is 418 g/mol. The Hall–Kier alpha value is -2.25. The number of amides is 1. The van der Waals surface area contributed by atoms with E-state index in [9.17, 15) is 13.6 Å². The molecule has 0 bridgehead atoms. The van der Waals surface area contributed by atoms with Gasteiger partial charge >= 0.3 is 0 Å². The second-order valence-electron chi connectivity index (χ2n) is 6.92. The minimum absolute atomic E-state index is 0.0765. The number of benzene rings is 1. The van der Waals surface area contributed by atoms with Crippen LogP contribution in [0, 0.1) is 11.6 Å². The van der Waals surface area contributed by atoms with Gasteiger partial charge in [0.1, 0.15) is 21.5 Å². The van der Waals surface area contributed by atoms with Crippen molar-refractivity contribution in [3.63, 3.8) is 0 Å². The summed E-state index contributed by atoms with van der Waals surface area (Å²) in [5.41, 5.74) is 6.60. The molecule has 1 atom stereocenters. The molecular formula is C22H25F2N3OS. The second kappa shape index (κ2) is 9.50. The quantitative estimate of drug-likeness (QED) is 0.644. The fourth-order valence-corrected chi connectivity index (χ4v) is 4.88. The third-order valence-electron chi connectivity index (χ3n) is 4.89. The first-order valence-corrected chi connectivity index (χ1v) is 10.6. The number of nitrogens with zero attached hydrogens (tertiary/aromatic N) is 2. The van der Waals surface area contributed by atoms with Gasteiger partial charge in [0.2, 0.25) is 5.91 Å². The van der Waals surface area contributed by atoms with Crippen molar-refractivity contribution >= 4 is 22.7 Å². The summed E-state index contributed by atoms with van der Waals surface area (Å²) in [7, 11) is 0. The van der Waals surface area contributed by atoms with Gasteiger partial charge in [0.05, 0.1) is 0 Å². The molecule has 1 spiro atoms. The van der Waals surface area contributed by atoms with E-state index in [2.05, 4.69) is 11.2 Å². The fraction of sp³-hybridized carbons (Fsp3) is 0.364. The molecule has 2 aliphatic rings. The van der Waals surface area contributed by atoms with Crippen molar-refractivity contribution in [3.8, 4) is 0 Å². The lowest BCUT2D eigenvalue weighted by molar-refractivity contribution is -0.133. The number of hydrogen-bond acceptors (Lipinski definition) is 4. The Bertz CT molecular complexity index is 894. The number of hydrazone groups is 1. The van der Waals surface area contributed by atoms with Gasteiger partial charge in [-0.25, -0.2) is 13.8 Å². The van der Waals surface area contributed by atoms with Crippen LogP contribution >= 0.6 is 11.8 Å². The van der Waals surface area contributed by atoms with E-state index in [1.807, 2.05) is 31.2 Å². The number of carbonyl (C=O) groups is 1. The molecule has 1 aromatic rings. The summed E-state index contributed by atoms with van der Waals surface area (Å²) in [6.07, 6.45) is 13.2. The van der Waals surface area contributed by atoms with Crippen LogP contribution < -0.4 is 5.73 Å². The Balaban J connectivity index is 1.97.